The molecule has 0 saturated carbocycles. The maximum atomic E-state index is 8.74. The lowest BCUT2D eigenvalue weighted by atomic mass is 10.1. The highest BCUT2D eigenvalue weighted by Gasteiger charge is 2.01. The molecule has 3 nitrogen and oxygen atoms in total. The van der Waals surface area contributed by atoms with Gasteiger partial charge in [-0.05, 0) is 42.3 Å². The van der Waals surface area contributed by atoms with Gasteiger partial charge in [-0.2, -0.15) is 0 Å². The molecule has 0 saturated heterocycles. The van der Waals surface area contributed by atoms with Gasteiger partial charge < -0.3 is 15.4 Å². The highest BCUT2D eigenvalue weighted by Crippen LogP contribution is 2.18. The predicted octanol–water partition coefficient (Wildman–Crippen LogP) is 2.26. The molecule has 0 amide bonds. The maximum Gasteiger partial charge on any atom is 0.0483 e. The van der Waals surface area contributed by atoms with E-state index in [1.807, 2.05) is 0 Å². The molecule has 92 valence electrons. The molecule has 0 spiro atoms. The molecular weight excluding hydrogens is 212 g/mol. The van der Waals surface area contributed by atoms with Crippen molar-refractivity contribution in [3.63, 3.8) is 0 Å². The third-order valence-corrected chi connectivity index (χ3v) is 3.13. The van der Waals surface area contributed by atoms with Crippen molar-refractivity contribution in [1.29, 1.82) is 0 Å². The minimum absolute atomic E-state index is 0.295. The van der Waals surface area contributed by atoms with Crippen molar-refractivity contribution in [2.75, 3.05) is 6.61 Å². The zero-order valence-corrected chi connectivity index (χ0v) is 10.1. The number of nitrogens with zero attached hydrogens (tertiary/aromatic N) is 1. The van der Waals surface area contributed by atoms with Crippen LogP contribution >= 0.6 is 0 Å². The Balaban J connectivity index is 2.11. The smallest absolute Gasteiger partial charge is 0.0483 e. The molecule has 1 heterocycles. The van der Waals surface area contributed by atoms with Crippen molar-refractivity contribution < 1.29 is 5.11 Å². The fourth-order valence-corrected chi connectivity index (χ4v) is 2.12. The van der Waals surface area contributed by atoms with Gasteiger partial charge in [0.05, 0.1) is 0 Å². The van der Waals surface area contributed by atoms with Crippen molar-refractivity contribution in [2.45, 2.75) is 32.4 Å². The van der Waals surface area contributed by atoms with Crippen LogP contribution in [0.4, 0.5) is 0 Å². The van der Waals surface area contributed by atoms with Crippen LogP contribution < -0.4 is 5.73 Å². The van der Waals surface area contributed by atoms with Crippen LogP contribution in [0, 0.1) is 0 Å². The molecule has 0 atom stereocenters. The number of aliphatic hydroxyl groups is 1. The van der Waals surface area contributed by atoms with Gasteiger partial charge in [-0.25, -0.2) is 0 Å². The van der Waals surface area contributed by atoms with Crippen molar-refractivity contribution in [2.24, 2.45) is 5.73 Å². The Morgan fingerprint density at radius 3 is 2.76 bits per heavy atom. The molecule has 1 aromatic heterocycles. The van der Waals surface area contributed by atoms with E-state index in [1.54, 1.807) is 0 Å². The topological polar surface area (TPSA) is 51.2 Å². The molecule has 1 aromatic carbocycles. The normalized spacial score (nSPS) is 11.2. The summed E-state index contributed by atoms with van der Waals surface area (Å²) in [6, 6.07) is 8.52. The number of nitrogens with two attached hydrogens (primary N) is 1. The summed E-state index contributed by atoms with van der Waals surface area (Å²) in [4.78, 5) is 0. The molecule has 17 heavy (non-hydrogen) atoms. The number of aliphatic hydroxyl groups excluding tert-OH is 1. The van der Waals surface area contributed by atoms with Gasteiger partial charge in [0.25, 0.3) is 0 Å². The van der Waals surface area contributed by atoms with E-state index in [4.69, 9.17) is 10.8 Å². The SMILES string of the molecule is NCc1ccc2ccn(CCCCCO)c2c1. The molecule has 0 bridgehead atoms. The second kappa shape index (κ2) is 5.84. The molecule has 0 radical (unpaired) electrons. The summed E-state index contributed by atoms with van der Waals surface area (Å²) in [5.74, 6) is 0. The fraction of sp³-hybridized carbons (Fsp3) is 0.429. The molecule has 3 N–H and O–H groups in total. The Bertz CT molecular complexity index is 476. The van der Waals surface area contributed by atoms with Crippen LogP contribution in [-0.2, 0) is 13.1 Å². The van der Waals surface area contributed by atoms with Crippen LogP contribution in [0.15, 0.2) is 30.5 Å². The molecule has 2 rings (SSSR count). The van der Waals surface area contributed by atoms with Gasteiger partial charge in [-0.15, -0.1) is 0 Å². The van der Waals surface area contributed by atoms with Gasteiger partial charge in [-0.3, -0.25) is 0 Å². The van der Waals surface area contributed by atoms with Crippen LogP contribution in [0.25, 0.3) is 10.9 Å². The molecule has 0 fully saturated rings. The first kappa shape index (κ1) is 12.1. The average Bonchev–Trinajstić information content (AvgIpc) is 2.77. The van der Waals surface area contributed by atoms with Crippen LogP contribution in [0.3, 0.4) is 0 Å². The third kappa shape index (κ3) is 2.87. The number of hydrogen-bond donors (Lipinski definition) is 2. The number of fused-ring (bicyclic) bond motifs is 1. The molecule has 3 heteroatoms. The zero-order valence-electron chi connectivity index (χ0n) is 10.1. The van der Waals surface area contributed by atoms with Crippen LogP contribution in [0.1, 0.15) is 24.8 Å². The van der Waals surface area contributed by atoms with Crippen molar-refractivity contribution in [1.82, 2.24) is 4.57 Å². The first-order valence-electron chi connectivity index (χ1n) is 6.24. The minimum atomic E-state index is 0.295. The van der Waals surface area contributed by atoms with E-state index < -0.39 is 0 Å². The lowest BCUT2D eigenvalue weighted by molar-refractivity contribution is 0.282. The third-order valence-electron chi connectivity index (χ3n) is 3.13. The first-order chi connectivity index (χ1) is 8.35. The van der Waals surface area contributed by atoms with Gasteiger partial charge in [0.1, 0.15) is 0 Å². The molecule has 0 aliphatic heterocycles. The minimum Gasteiger partial charge on any atom is -0.396 e. The number of aryl methyl sites for hydroxylation is 1. The standard InChI is InChI=1S/C14H20N2O/c15-11-12-4-5-13-6-8-16(14(13)10-12)7-2-1-3-9-17/h4-6,8,10,17H,1-3,7,9,11,15H2. The second-order valence-corrected chi connectivity index (χ2v) is 4.39. The number of rotatable bonds is 6. The Labute approximate surface area is 102 Å². The van der Waals surface area contributed by atoms with Crippen molar-refractivity contribution >= 4 is 10.9 Å². The molecule has 0 aliphatic rings. The summed E-state index contributed by atoms with van der Waals surface area (Å²) in [7, 11) is 0. The molecular formula is C14H20N2O. The van der Waals surface area contributed by atoms with Crippen LogP contribution in [-0.4, -0.2) is 16.3 Å². The largest absolute Gasteiger partial charge is 0.396 e. The number of benzene rings is 1. The Hall–Kier alpha value is -1.32. The highest BCUT2D eigenvalue weighted by atomic mass is 16.2. The van der Waals surface area contributed by atoms with E-state index in [-0.39, 0.29) is 0 Å². The van der Waals surface area contributed by atoms with E-state index >= 15 is 0 Å². The number of aromatic nitrogens is 1. The fourth-order valence-electron chi connectivity index (χ4n) is 2.12. The summed E-state index contributed by atoms with van der Waals surface area (Å²) in [5, 5.41) is 10.0. The van der Waals surface area contributed by atoms with Gasteiger partial charge in [0.2, 0.25) is 0 Å². The monoisotopic (exact) mass is 232 g/mol. The Kier molecular flexibility index (Phi) is 4.18. The summed E-state index contributed by atoms with van der Waals surface area (Å²) in [6.07, 6.45) is 5.21. The second-order valence-electron chi connectivity index (χ2n) is 4.39. The van der Waals surface area contributed by atoms with E-state index in [0.717, 1.165) is 25.8 Å². The van der Waals surface area contributed by atoms with E-state index in [2.05, 4.69) is 35.0 Å². The first-order valence-corrected chi connectivity index (χ1v) is 6.24. The predicted molar refractivity (Wildman–Crippen MR) is 70.8 cm³/mol. The Morgan fingerprint density at radius 1 is 1.12 bits per heavy atom. The average molecular weight is 232 g/mol. The molecule has 0 unspecified atom stereocenters. The maximum absolute atomic E-state index is 8.74. The zero-order chi connectivity index (χ0) is 12.1. The highest BCUT2D eigenvalue weighted by molar-refractivity contribution is 5.80. The number of unbranched alkanes of at least 4 members (excludes halogenated alkanes) is 2. The molecule has 2 aromatic rings. The lowest BCUT2D eigenvalue weighted by Crippen LogP contribution is -1.99. The summed E-state index contributed by atoms with van der Waals surface area (Å²) < 4.78 is 2.27. The van der Waals surface area contributed by atoms with Gasteiger partial charge in [0, 0.05) is 31.4 Å². The summed E-state index contributed by atoms with van der Waals surface area (Å²) in [5.41, 5.74) is 8.10. The van der Waals surface area contributed by atoms with Gasteiger partial charge >= 0.3 is 0 Å². The van der Waals surface area contributed by atoms with Crippen molar-refractivity contribution in [3.8, 4) is 0 Å². The quantitative estimate of drug-likeness (QED) is 0.751. The van der Waals surface area contributed by atoms with Crippen LogP contribution in [0.5, 0.6) is 0 Å². The number of hydrogen-bond acceptors (Lipinski definition) is 2. The van der Waals surface area contributed by atoms with Gasteiger partial charge in [0.15, 0.2) is 0 Å². The molecule has 0 aliphatic carbocycles. The van der Waals surface area contributed by atoms with E-state index in [9.17, 15) is 0 Å². The summed E-state index contributed by atoms with van der Waals surface area (Å²) >= 11 is 0. The van der Waals surface area contributed by atoms with E-state index in [1.165, 1.54) is 16.5 Å². The van der Waals surface area contributed by atoms with Gasteiger partial charge in [-0.1, -0.05) is 12.1 Å². The van der Waals surface area contributed by atoms with Crippen molar-refractivity contribution in [3.05, 3.63) is 36.0 Å². The lowest BCUT2D eigenvalue weighted by Gasteiger charge is -2.06. The van der Waals surface area contributed by atoms with Crippen LogP contribution in [0.2, 0.25) is 0 Å². The Morgan fingerprint density at radius 2 is 2.00 bits per heavy atom. The summed E-state index contributed by atoms with van der Waals surface area (Å²) in [6.45, 7) is 1.90. The van der Waals surface area contributed by atoms with E-state index in [0.29, 0.717) is 13.2 Å².